The van der Waals surface area contributed by atoms with Crippen LogP contribution in [0.15, 0.2) is 36.5 Å². The zero-order chi connectivity index (χ0) is 17.9. The van der Waals surface area contributed by atoms with E-state index in [2.05, 4.69) is 9.71 Å². The van der Waals surface area contributed by atoms with Crippen LogP contribution in [0.4, 0.5) is 10.2 Å². The lowest BCUT2D eigenvalue weighted by Crippen LogP contribution is -2.22. The van der Waals surface area contributed by atoms with Gasteiger partial charge in [-0.1, -0.05) is 11.6 Å². The number of amides is 1. The van der Waals surface area contributed by atoms with E-state index in [1.165, 1.54) is 35.4 Å². The zero-order valence-corrected chi connectivity index (χ0v) is 14.5. The predicted octanol–water partition coefficient (Wildman–Crippen LogP) is 2.52. The van der Waals surface area contributed by atoms with Gasteiger partial charge in [-0.15, -0.1) is 0 Å². The highest BCUT2D eigenvalue weighted by atomic mass is 35.5. The second kappa shape index (κ2) is 7.14. The number of carbonyl (C=O) groups excluding carboxylic acids is 1. The fourth-order valence-corrected chi connectivity index (χ4v) is 3.23. The molecule has 0 unspecified atom stereocenters. The summed E-state index contributed by atoms with van der Waals surface area (Å²) >= 11 is 5.75. The van der Waals surface area contributed by atoms with Gasteiger partial charge in [-0.25, -0.2) is 17.8 Å². The first-order chi connectivity index (χ1) is 11.2. The Morgan fingerprint density at radius 3 is 2.58 bits per heavy atom. The Morgan fingerprint density at radius 2 is 2.00 bits per heavy atom. The zero-order valence-electron chi connectivity index (χ0n) is 13.0. The molecule has 0 aliphatic heterocycles. The molecule has 0 radical (unpaired) electrons. The van der Waals surface area contributed by atoms with Crippen LogP contribution in [0.25, 0.3) is 0 Å². The minimum absolute atomic E-state index is 0.0349. The van der Waals surface area contributed by atoms with Gasteiger partial charge in [0.05, 0.1) is 11.3 Å². The average molecular weight is 372 g/mol. The SMILES string of the molecule is CN(C)C(=O)c1ccc(NS(=O)(=O)Cc2cc(Cl)ccc2F)nc1. The Labute approximate surface area is 144 Å². The molecule has 1 aromatic heterocycles. The van der Waals surface area contributed by atoms with Crippen LogP contribution >= 0.6 is 11.6 Å². The summed E-state index contributed by atoms with van der Waals surface area (Å²) in [6.07, 6.45) is 1.26. The molecular weight excluding hydrogens is 357 g/mol. The van der Waals surface area contributed by atoms with Crippen molar-refractivity contribution in [1.29, 1.82) is 0 Å². The first-order valence-electron chi connectivity index (χ1n) is 6.80. The van der Waals surface area contributed by atoms with Crippen LogP contribution in [0.3, 0.4) is 0 Å². The molecule has 0 aliphatic rings. The van der Waals surface area contributed by atoms with E-state index in [1.54, 1.807) is 14.1 Å². The first-order valence-corrected chi connectivity index (χ1v) is 8.83. The van der Waals surface area contributed by atoms with Crippen molar-refractivity contribution in [2.75, 3.05) is 18.8 Å². The third kappa shape index (κ3) is 4.65. The maximum atomic E-state index is 13.6. The Bertz CT molecular complexity index is 855. The van der Waals surface area contributed by atoms with Crippen molar-refractivity contribution in [3.63, 3.8) is 0 Å². The Balaban J connectivity index is 2.14. The number of sulfonamides is 1. The molecule has 0 aliphatic carbocycles. The van der Waals surface area contributed by atoms with Crippen LogP contribution in [-0.4, -0.2) is 38.3 Å². The molecule has 1 N–H and O–H groups in total. The molecule has 0 bridgehead atoms. The molecule has 0 saturated heterocycles. The molecule has 0 atom stereocenters. The summed E-state index contributed by atoms with van der Waals surface area (Å²) in [5.74, 6) is -1.46. The van der Waals surface area contributed by atoms with Gasteiger partial charge in [-0.2, -0.15) is 0 Å². The van der Waals surface area contributed by atoms with E-state index in [-0.39, 0.29) is 22.3 Å². The van der Waals surface area contributed by atoms with E-state index in [1.807, 2.05) is 0 Å². The van der Waals surface area contributed by atoms with E-state index in [0.29, 0.717) is 5.56 Å². The molecule has 2 rings (SSSR count). The molecule has 9 heteroatoms. The third-order valence-electron chi connectivity index (χ3n) is 3.03. The number of benzene rings is 1. The third-order valence-corrected chi connectivity index (χ3v) is 4.48. The van der Waals surface area contributed by atoms with Crippen molar-refractivity contribution in [3.05, 3.63) is 58.5 Å². The van der Waals surface area contributed by atoms with Crippen molar-refractivity contribution in [1.82, 2.24) is 9.88 Å². The van der Waals surface area contributed by atoms with Crippen molar-refractivity contribution in [3.8, 4) is 0 Å². The van der Waals surface area contributed by atoms with E-state index < -0.39 is 21.6 Å². The molecule has 24 heavy (non-hydrogen) atoms. The molecule has 128 valence electrons. The van der Waals surface area contributed by atoms with Gasteiger partial charge in [0.15, 0.2) is 0 Å². The molecule has 6 nitrogen and oxygen atoms in total. The largest absolute Gasteiger partial charge is 0.345 e. The number of pyridine rings is 1. The van der Waals surface area contributed by atoms with Crippen molar-refractivity contribution in [2.24, 2.45) is 0 Å². The number of nitrogens with zero attached hydrogens (tertiary/aromatic N) is 2. The van der Waals surface area contributed by atoms with Crippen LogP contribution < -0.4 is 4.72 Å². The van der Waals surface area contributed by atoms with Crippen LogP contribution in [0.2, 0.25) is 5.02 Å². The lowest BCUT2D eigenvalue weighted by molar-refractivity contribution is 0.0827. The summed E-state index contributed by atoms with van der Waals surface area (Å²) in [4.78, 5) is 17.0. The molecular formula is C15H15ClFN3O3S. The Kier molecular flexibility index (Phi) is 5.40. The number of halogens is 2. The highest BCUT2D eigenvalue weighted by molar-refractivity contribution is 7.91. The first kappa shape index (κ1) is 18.2. The molecule has 0 saturated carbocycles. The summed E-state index contributed by atoms with van der Waals surface area (Å²) in [6.45, 7) is 0. The van der Waals surface area contributed by atoms with Gasteiger partial charge in [0.1, 0.15) is 11.6 Å². The highest BCUT2D eigenvalue weighted by Crippen LogP contribution is 2.18. The second-order valence-electron chi connectivity index (χ2n) is 5.23. The summed E-state index contributed by atoms with van der Waals surface area (Å²) < 4.78 is 40.1. The fourth-order valence-electron chi connectivity index (χ4n) is 1.89. The van der Waals surface area contributed by atoms with Gasteiger partial charge < -0.3 is 4.90 Å². The van der Waals surface area contributed by atoms with E-state index in [9.17, 15) is 17.6 Å². The normalized spacial score (nSPS) is 11.2. The number of aromatic nitrogens is 1. The number of carbonyl (C=O) groups is 1. The maximum Gasteiger partial charge on any atom is 0.254 e. The van der Waals surface area contributed by atoms with E-state index in [4.69, 9.17) is 11.6 Å². The smallest absolute Gasteiger partial charge is 0.254 e. The number of hydrogen-bond acceptors (Lipinski definition) is 4. The van der Waals surface area contributed by atoms with Gasteiger partial charge in [-0.3, -0.25) is 9.52 Å². The lowest BCUT2D eigenvalue weighted by Gasteiger charge is -2.11. The van der Waals surface area contributed by atoms with E-state index >= 15 is 0 Å². The van der Waals surface area contributed by atoms with Gasteiger partial charge >= 0.3 is 0 Å². The molecule has 2 aromatic rings. The molecule has 0 spiro atoms. The molecule has 1 amide bonds. The summed E-state index contributed by atoms with van der Waals surface area (Å²) in [5.41, 5.74) is 0.276. The van der Waals surface area contributed by atoms with Gasteiger partial charge in [0, 0.05) is 30.9 Å². The number of hydrogen-bond donors (Lipinski definition) is 1. The quantitative estimate of drug-likeness (QED) is 0.875. The van der Waals surface area contributed by atoms with Crippen molar-refractivity contribution < 1.29 is 17.6 Å². The molecule has 1 aromatic carbocycles. The minimum Gasteiger partial charge on any atom is -0.345 e. The van der Waals surface area contributed by atoms with Crippen LogP contribution in [0.1, 0.15) is 15.9 Å². The highest BCUT2D eigenvalue weighted by Gasteiger charge is 2.16. The number of anilines is 1. The second-order valence-corrected chi connectivity index (χ2v) is 7.39. The number of nitrogens with one attached hydrogen (secondary N) is 1. The van der Waals surface area contributed by atoms with Gasteiger partial charge in [-0.05, 0) is 30.3 Å². The monoisotopic (exact) mass is 371 g/mol. The minimum atomic E-state index is -3.88. The summed E-state index contributed by atoms with van der Waals surface area (Å²) in [5, 5.41) is 0.242. The molecule has 0 fully saturated rings. The maximum absolute atomic E-state index is 13.6. The lowest BCUT2D eigenvalue weighted by atomic mass is 10.2. The summed E-state index contributed by atoms with van der Waals surface area (Å²) in [6, 6.07) is 6.51. The number of rotatable bonds is 5. The van der Waals surface area contributed by atoms with Crippen LogP contribution in [-0.2, 0) is 15.8 Å². The van der Waals surface area contributed by atoms with Crippen LogP contribution in [0.5, 0.6) is 0 Å². The average Bonchev–Trinajstić information content (AvgIpc) is 2.50. The van der Waals surface area contributed by atoms with E-state index in [0.717, 1.165) is 6.07 Å². The molecule has 1 heterocycles. The Hall–Kier alpha value is -2.19. The van der Waals surface area contributed by atoms with Crippen molar-refractivity contribution in [2.45, 2.75) is 5.75 Å². The predicted molar refractivity (Wildman–Crippen MR) is 89.9 cm³/mol. The van der Waals surface area contributed by atoms with Crippen LogP contribution in [0, 0.1) is 5.82 Å². The standard InChI is InChI=1S/C15H15ClFN3O3S/c1-20(2)15(21)10-3-6-14(18-8-10)19-24(22,23)9-11-7-12(16)4-5-13(11)17/h3-8H,9H2,1-2H3,(H,18,19). The fraction of sp³-hybridized carbons (Fsp3) is 0.200. The van der Waals surface area contributed by atoms with Gasteiger partial charge in [0.2, 0.25) is 10.0 Å². The summed E-state index contributed by atoms with van der Waals surface area (Å²) in [7, 11) is -0.691. The van der Waals surface area contributed by atoms with Gasteiger partial charge in [0.25, 0.3) is 5.91 Å². The topological polar surface area (TPSA) is 79.4 Å². The Morgan fingerprint density at radius 1 is 1.29 bits per heavy atom. The van der Waals surface area contributed by atoms with Crippen molar-refractivity contribution >= 4 is 33.3 Å².